The molecule has 0 bridgehead atoms. The summed E-state index contributed by atoms with van der Waals surface area (Å²) in [5.41, 5.74) is 6.90. The molecule has 0 saturated heterocycles. The maximum Gasteiger partial charge on any atom is 0.145 e. The summed E-state index contributed by atoms with van der Waals surface area (Å²) in [4.78, 5) is 0. The topological polar surface area (TPSA) is 35.2 Å². The van der Waals surface area contributed by atoms with Crippen molar-refractivity contribution in [3.8, 4) is 5.75 Å². The highest BCUT2D eigenvalue weighted by Crippen LogP contribution is 2.27. The Kier molecular flexibility index (Phi) is 5.02. The molecule has 0 amide bonds. The molecule has 2 rings (SSSR count). The summed E-state index contributed by atoms with van der Waals surface area (Å²) >= 11 is 9.03. The van der Waals surface area contributed by atoms with E-state index in [4.69, 9.17) is 22.1 Å². The first kappa shape index (κ1) is 15.3. The summed E-state index contributed by atoms with van der Waals surface area (Å²) in [6, 6.07) is 11.8. The van der Waals surface area contributed by atoms with Gasteiger partial charge in [0.2, 0.25) is 0 Å². The van der Waals surface area contributed by atoms with Gasteiger partial charge < -0.3 is 10.5 Å². The van der Waals surface area contributed by atoms with Gasteiger partial charge in [0.25, 0.3) is 0 Å². The third-order valence-corrected chi connectivity index (χ3v) is 3.67. The maximum atomic E-state index is 13.4. The van der Waals surface area contributed by atoms with E-state index < -0.39 is 5.82 Å². The van der Waals surface area contributed by atoms with Gasteiger partial charge in [-0.05, 0) is 36.8 Å². The number of benzene rings is 2. The molecule has 0 heterocycles. The summed E-state index contributed by atoms with van der Waals surface area (Å²) in [7, 11) is 0. The van der Waals surface area contributed by atoms with Gasteiger partial charge in [0.05, 0.1) is 5.02 Å². The van der Waals surface area contributed by atoms with E-state index in [1.54, 1.807) is 6.07 Å². The Morgan fingerprint density at radius 1 is 1.20 bits per heavy atom. The van der Waals surface area contributed by atoms with Crippen LogP contribution in [0.1, 0.15) is 18.6 Å². The Balaban J connectivity index is 2.25. The molecule has 0 aliphatic heterocycles. The standard InChI is InChI=1S/C15H14BrClFNO/c1-9(19)15(10-2-4-11(16)5-3-10)20-12-6-7-13(17)14(18)8-12/h2-9,15H,19H2,1H3. The van der Waals surface area contributed by atoms with Crippen LogP contribution in [0.15, 0.2) is 46.9 Å². The molecule has 0 saturated carbocycles. The highest BCUT2D eigenvalue weighted by atomic mass is 79.9. The van der Waals surface area contributed by atoms with Crippen molar-refractivity contribution in [3.63, 3.8) is 0 Å². The zero-order valence-corrected chi connectivity index (χ0v) is 13.2. The Labute approximate surface area is 130 Å². The molecular formula is C15H14BrClFNO. The lowest BCUT2D eigenvalue weighted by atomic mass is 10.0. The number of halogens is 3. The van der Waals surface area contributed by atoms with Crippen LogP contribution in [0, 0.1) is 5.82 Å². The van der Waals surface area contributed by atoms with Crippen molar-refractivity contribution in [2.75, 3.05) is 0 Å². The minimum atomic E-state index is -0.511. The number of rotatable bonds is 4. The van der Waals surface area contributed by atoms with Crippen molar-refractivity contribution in [2.45, 2.75) is 19.1 Å². The first-order valence-corrected chi connectivity index (χ1v) is 7.27. The lowest BCUT2D eigenvalue weighted by Gasteiger charge is -2.23. The lowest BCUT2D eigenvalue weighted by Crippen LogP contribution is -2.29. The fourth-order valence-electron chi connectivity index (χ4n) is 1.83. The van der Waals surface area contributed by atoms with Crippen LogP contribution in [-0.4, -0.2) is 6.04 Å². The van der Waals surface area contributed by atoms with Gasteiger partial charge in [-0.2, -0.15) is 0 Å². The quantitative estimate of drug-likeness (QED) is 0.859. The Morgan fingerprint density at radius 2 is 1.85 bits per heavy atom. The van der Waals surface area contributed by atoms with Gasteiger partial charge in [-0.25, -0.2) is 4.39 Å². The van der Waals surface area contributed by atoms with Crippen LogP contribution in [0.2, 0.25) is 5.02 Å². The summed E-state index contributed by atoms with van der Waals surface area (Å²) in [6.45, 7) is 1.85. The molecule has 0 aliphatic rings. The second kappa shape index (κ2) is 6.57. The molecular weight excluding hydrogens is 345 g/mol. The second-order valence-corrected chi connectivity index (χ2v) is 5.85. The zero-order chi connectivity index (χ0) is 14.7. The fraction of sp³-hybridized carbons (Fsp3) is 0.200. The van der Waals surface area contributed by atoms with E-state index in [0.717, 1.165) is 10.0 Å². The summed E-state index contributed by atoms with van der Waals surface area (Å²) in [5, 5.41) is 0.0679. The third kappa shape index (κ3) is 3.72. The minimum Gasteiger partial charge on any atom is -0.484 e. The van der Waals surface area contributed by atoms with Crippen molar-refractivity contribution in [1.82, 2.24) is 0 Å². The number of hydrogen-bond acceptors (Lipinski definition) is 2. The van der Waals surface area contributed by atoms with E-state index in [0.29, 0.717) is 5.75 Å². The predicted molar refractivity (Wildman–Crippen MR) is 82.6 cm³/mol. The van der Waals surface area contributed by atoms with Crippen LogP contribution < -0.4 is 10.5 Å². The van der Waals surface area contributed by atoms with E-state index in [2.05, 4.69) is 15.9 Å². The zero-order valence-electron chi connectivity index (χ0n) is 10.8. The Hall–Kier alpha value is -1.10. The van der Waals surface area contributed by atoms with Crippen LogP contribution in [0.3, 0.4) is 0 Å². The summed E-state index contributed by atoms with van der Waals surface area (Å²) in [5.74, 6) is -0.111. The largest absolute Gasteiger partial charge is 0.484 e. The molecule has 2 nitrogen and oxygen atoms in total. The van der Waals surface area contributed by atoms with Gasteiger partial charge in [0, 0.05) is 16.6 Å². The molecule has 0 fully saturated rings. The molecule has 2 aromatic carbocycles. The van der Waals surface area contributed by atoms with Crippen LogP contribution in [0.4, 0.5) is 4.39 Å². The van der Waals surface area contributed by atoms with Gasteiger partial charge >= 0.3 is 0 Å². The van der Waals surface area contributed by atoms with E-state index in [1.165, 1.54) is 12.1 Å². The highest BCUT2D eigenvalue weighted by molar-refractivity contribution is 9.10. The van der Waals surface area contributed by atoms with Crippen molar-refractivity contribution < 1.29 is 9.13 Å². The van der Waals surface area contributed by atoms with Crippen molar-refractivity contribution >= 4 is 27.5 Å². The van der Waals surface area contributed by atoms with Crippen LogP contribution >= 0.6 is 27.5 Å². The molecule has 0 radical (unpaired) electrons. The first-order chi connectivity index (χ1) is 9.47. The maximum absolute atomic E-state index is 13.4. The molecule has 2 N–H and O–H groups in total. The fourth-order valence-corrected chi connectivity index (χ4v) is 2.21. The van der Waals surface area contributed by atoms with Crippen molar-refractivity contribution in [1.29, 1.82) is 0 Å². The molecule has 0 aliphatic carbocycles. The SMILES string of the molecule is CC(N)C(Oc1ccc(Cl)c(F)c1)c1ccc(Br)cc1. The Bertz CT molecular complexity index is 589. The predicted octanol–water partition coefficient (Wildman–Crippen LogP) is 4.71. The van der Waals surface area contributed by atoms with Gasteiger partial charge in [-0.3, -0.25) is 0 Å². The second-order valence-electron chi connectivity index (χ2n) is 4.53. The highest BCUT2D eigenvalue weighted by Gasteiger charge is 2.18. The van der Waals surface area contributed by atoms with Gasteiger partial charge in [0.1, 0.15) is 17.7 Å². The van der Waals surface area contributed by atoms with Gasteiger partial charge in [-0.15, -0.1) is 0 Å². The minimum absolute atomic E-state index is 0.0679. The molecule has 0 aromatic heterocycles. The van der Waals surface area contributed by atoms with Crippen LogP contribution in [0.5, 0.6) is 5.75 Å². The Morgan fingerprint density at radius 3 is 2.40 bits per heavy atom. The van der Waals surface area contributed by atoms with E-state index in [-0.39, 0.29) is 17.2 Å². The van der Waals surface area contributed by atoms with Crippen LogP contribution in [-0.2, 0) is 0 Å². The molecule has 20 heavy (non-hydrogen) atoms. The monoisotopic (exact) mass is 357 g/mol. The van der Waals surface area contributed by atoms with E-state index >= 15 is 0 Å². The van der Waals surface area contributed by atoms with Crippen LogP contribution in [0.25, 0.3) is 0 Å². The first-order valence-electron chi connectivity index (χ1n) is 6.10. The lowest BCUT2D eigenvalue weighted by molar-refractivity contribution is 0.180. The third-order valence-electron chi connectivity index (χ3n) is 2.83. The smallest absolute Gasteiger partial charge is 0.145 e. The summed E-state index contributed by atoms with van der Waals surface area (Å²) in [6.07, 6.45) is -0.358. The number of nitrogens with two attached hydrogens (primary N) is 1. The molecule has 2 atom stereocenters. The summed E-state index contributed by atoms with van der Waals surface area (Å²) < 4.78 is 20.2. The molecule has 2 aromatic rings. The van der Waals surface area contributed by atoms with E-state index in [9.17, 15) is 4.39 Å². The number of hydrogen-bond donors (Lipinski definition) is 1. The molecule has 5 heteroatoms. The molecule has 2 unspecified atom stereocenters. The van der Waals surface area contributed by atoms with Gasteiger partial charge in [-0.1, -0.05) is 39.7 Å². The average molecular weight is 359 g/mol. The van der Waals surface area contributed by atoms with E-state index in [1.807, 2.05) is 31.2 Å². The van der Waals surface area contributed by atoms with Crippen molar-refractivity contribution in [3.05, 3.63) is 63.3 Å². The average Bonchev–Trinajstić information content (AvgIpc) is 2.41. The molecule has 106 valence electrons. The van der Waals surface area contributed by atoms with Gasteiger partial charge in [0.15, 0.2) is 0 Å². The van der Waals surface area contributed by atoms with Crippen molar-refractivity contribution in [2.24, 2.45) is 5.73 Å². The number of ether oxygens (including phenoxy) is 1. The normalized spacial score (nSPS) is 13.8. The molecule has 0 spiro atoms.